The molecule has 2 aromatic rings. The first-order valence-electron chi connectivity index (χ1n) is 15.4. The number of fused-ring (bicyclic) bond motifs is 2. The third-order valence-corrected chi connectivity index (χ3v) is 8.28. The number of halogens is 1. The number of carbonyl (C=O) groups is 1. The predicted molar refractivity (Wildman–Crippen MR) is 166 cm³/mol. The maximum atomic E-state index is 12.9. The van der Waals surface area contributed by atoms with Gasteiger partial charge < -0.3 is 15.1 Å². The SMILES string of the molecule is CCCCCCCCCCCCCCCC(=O)N1CCN(C2=Nc3cc(Cl)ccc3Nc3ccccc32)CC1. The molecule has 6 heteroatoms. The summed E-state index contributed by atoms with van der Waals surface area (Å²) in [5.41, 5.74) is 3.91. The number of amidine groups is 1. The first kappa shape index (κ1) is 29.5. The molecule has 5 nitrogen and oxygen atoms in total. The van der Waals surface area contributed by atoms with E-state index in [0.717, 1.165) is 61.1 Å². The number of piperazine rings is 1. The molecule has 0 bridgehead atoms. The molecule has 1 amide bonds. The molecule has 212 valence electrons. The fourth-order valence-electron chi connectivity index (χ4n) is 5.67. The number of unbranched alkanes of at least 4 members (excludes halogenated alkanes) is 12. The molecule has 2 heterocycles. The summed E-state index contributed by atoms with van der Waals surface area (Å²) < 4.78 is 0. The molecule has 1 N–H and O–H groups in total. The third kappa shape index (κ3) is 8.99. The Morgan fingerprint density at radius 1 is 0.795 bits per heavy atom. The van der Waals surface area contributed by atoms with E-state index in [1.165, 1.54) is 77.0 Å². The van der Waals surface area contributed by atoms with Gasteiger partial charge in [-0.2, -0.15) is 0 Å². The van der Waals surface area contributed by atoms with Gasteiger partial charge in [-0.3, -0.25) is 4.79 Å². The quantitative estimate of drug-likeness (QED) is 0.238. The molecule has 2 aromatic carbocycles. The van der Waals surface area contributed by atoms with E-state index in [1.807, 2.05) is 35.2 Å². The van der Waals surface area contributed by atoms with Crippen LogP contribution >= 0.6 is 11.6 Å². The van der Waals surface area contributed by atoms with E-state index in [1.54, 1.807) is 0 Å². The first-order chi connectivity index (χ1) is 19.2. The highest BCUT2D eigenvalue weighted by atomic mass is 35.5. The highest BCUT2D eigenvalue weighted by Gasteiger charge is 2.26. The second-order valence-corrected chi connectivity index (χ2v) is 11.6. The largest absolute Gasteiger partial charge is 0.353 e. The molecule has 4 rings (SSSR count). The molecule has 0 spiro atoms. The summed E-state index contributed by atoms with van der Waals surface area (Å²) in [7, 11) is 0. The van der Waals surface area contributed by atoms with Gasteiger partial charge in [0.1, 0.15) is 5.84 Å². The molecule has 0 aromatic heterocycles. The van der Waals surface area contributed by atoms with Crippen molar-refractivity contribution in [2.75, 3.05) is 31.5 Å². The summed E-state index contributed by atoms with van der Waals surface area (Å²) in [6.07, 6.45) is 17.9. The van der Waals surface area contributed by atoms with Crippen molar-refractivity contribution in [3.8, 4) is 0 Å². The minimum atomic E-state index is 0.305. The number of hydrogen-bond acceptors (Lipinski definition) is 4. The number of para-hydroxylation sites is 1. The Balaban J connectivity index is 1.15. The van der Waals surface area contributed by atoms with Crippen LogP contribution in [0, 0.1) is 0 Å². The van der Waals surface area contributed by atoms with E-state index in [9.17, 15) is 4.79 Å². The normalized spacial score (nSPS) is 14.8. The second-order valence-electron chi connectivity index (χ2n) is 11.1. The average Bonchev–Trinajstić information content (AvgIpc) is 3.12. The molecule has 0 aliphatic carbocycles. The minimum Gasteiger partial charge on any atom is -0.353 e. The molecule has 1 saturated heterocycles. The van der Waals surface area contributed by atoms with Gasteiger partial charge >= 0.3 is 0 Å². The number of hydrogen-bond donors (Lipinski definition) is 1. The van der Waals surface area contributed by atoms with Gasteiger partial charge in [0.2, 0.25) is 5.91 Å². The Morgan fingerprint density at radius 3 is 2.08 bits per heavy atom. The lowest BCUT2D eigenvalue weighted by atomic mass is 10.0. The lowest BCUT2D eigenvalue weighted by molar-refractivity contribution is -0.132. The zero-order valence-electron chi connectivity index (χ0n) is 23.9. The highest BCUT2D eigenvalue weighted by molar-refractivity contribution is 6.31. The number of carbonyl (C=O) groups excluding carboxylic acids is 1. The van der Waals surface area contributed by atoms with Crippen LogP contribution in [0.15, 0.2) is 47.5 Å². The first-order valence-corrected chi connectivity index (χ1v) is 15.8. The molecular formula is C33H47ClN4O. The van der Waals surface area contributed by atoms with Crippen molar-refractivity contribution in [3.05, 3.63) is 53.1 Å². The number of anilines is 2. The van der Waals surface area contributed by atoms with Gasteiger partial charge in [0.15, 0.2) is 0 Å². The van der Waals surface area contributed by atoms with Crippen molar-refractivity contribution in [1.29, 1.82) is 0 Å². The lowest BCUT2D eigenvalue weighted by Gasteiger charge is -2.36. The van der Waals surface area contributed by atoms with Crippen molar-refractivity contribution >= 4 is 40.4 Å². The van der Waals surface area contributed by atoms with Crippen molar-refractivity contribution in [3.63, 3.8) is 0 Å². The molecular weight excluding hydrogens is 504 g/mol. The second kappa shape index (κ2) is 15.9. The molecule has 0 radical (unpaired) electrons. The van der Waals surface area contributed by atoms with Crippen LogP contribution < -0.4 is 5.32 Å². The van der Waals surface area contributed by atoms with E-state index in [4.69, 9.17) is 16.6 Å². The van der Waals surface area contributed by atoms with Crippen molar-refractivity contribution < 1.29 is 4.79 Å². The molecule has 39 heavy (non-hydrogen) atoms. The molecule has 0 atom stereocenters. The number of benzene rings is 2. The van der Waals surface area contributed by atoms with Gasteiger partial charge in [-0.1, -0.05) is 108 Å². The molecule has 1 fully saturated rings. The average molecular weight is 551 g/mol. The number of nitrogens with one attached hydrogen (secondary N) is 1. The van der Waals surface area contributed by atoms with Gasteiger partial charge in [-0.05, 0) is 36.8 Å². The summed E-state index contributed by atoms with van der Waals surface area (Å²) in [5, 5.41) is 4.19. The summed E-state index contributed by atoms with van der Waals surface area (Å²) in [6.45, 7) is 5.34. The van der Waals surface area contributed by atoms with E-state index >= 15 is 0 Å². The summed E-state index contributed by atoms with van der Waals surface area (Å²) >= 11 is 6.29. The van der Waals surface area contributed by atoms with Crippen LogP contribution in [0.25, 0.3) is 0 Å². The van der Waals surface area contributed by atoms with Gasteiger partial charge in [-0.25, -0.2) is 4.99 Å². The van der Waals surface area contributed by atoms with Crippen LogP contribution in [-0.2, 0) is 4.79 Å². The topological polar surface area (TPSA) is 47.9 Å². The van der Waals surface area contributed by atoms with Crippen LogP contribution in [0.3, 0.4) is 0 Å². The summed E-state index contributed by atoms with van der Waals surface area (Å²) in [5.74, 6) is 1.25. The summed E-state index contributed by atoms with van der Waals surface area (Å²) in [6, 6.07) is 14.1. The van der Waals surface area contributed by atoms with Crippen LogP contribution in [0.2, 0.25) is 5.02 Å². The summed E-state index contributed by atoms with van der Waals surface area (Å²) in [4.78, 5) is 22.3. The monoisotopic (exact) mass is 550 g/mol. The maximum Gasteiger partial charge on any atom is 0.222 e. The number of nitrogens with zero attached hydrogens (tertiary/aromatic N) is 3. The van der Waals surface area contributed by atoms with Gasteiger partial charge in [0.25, 0.3) is 0 Å². The Bertz CT molecular complexity index is 1080. The Labute approximate surface area is 241 Å². The number of rotatable bonds is 14. The smallest absolute Gasteiger partial charge is 0.222 e. The Morgan fingerprint density at radius 2 is 1.41 bits per heavy atom. The highest BCUT2D eigenvalue weighted by Crippen LogP contribution is 2.36. The van der Waals surface area contributed by atoms with Gasteiger partial charge in [0.05, 0.1) is 11.4 Å². The zero-order valence-corrected chi connectivity index (χ0v) is 24.7. The van der Waals surface area contributed by atoms with Crippen molar-refractivity contribution in [2.45, 2.75) is 96.8 Å². The van der Waals surface area contributed by atoms with E-state index < -0.39 is 0 Å². The Hall–Kier alpha value is -2.53. The van der Waals surface area contributed by atoms with E-state index in [2.05, 4.69) is 29.3 Å². The fourth-order valence-corrected chi connectivity index (χ4v) is 5.84. The van der Waals surface area contributed by atoms with Crippen LogP contribution in [0.5, 0.6) is 0 Å². The molecule has 2 aliphatic rings. The van der Waals surface area contributed by atoms with Crippen LogP contribution in [-0.4, -0.2) is 47.7 Å². The minimum absolute atomic E-state index is 0.305. The maximum absolute atomic E-state index is 12.9. The Kier molecular flexibility index (Phi) is 12.0. The fraction of sp³-hybridized carbons (Fsp3) is 0.576. The van der Waals surface area contributed by atoms with Gasteiger partial charge in [0, 0.05) is 48.9 Å². The standard InChI is InChI=1S/C33H47ClN4O/c1-2-3-4-5-6-7-8-9-10-11-12-13-14-19-32(39)37-22-24-38(25-23-37)33-28-17-15-16-18-29(28)35-30-21-20-27(34)26-31(30)36-33/h15-18,20-21,26,35H,2-14,19,22-25H2,1H3. The van der Waals surface area contributed by atoms with Crippen molar-refractivity contribution in [2.24, 2.45) is 4.99 Å². The molecule has 0 saturated carbocycles. The predicted octanol–water partition coefficient (Wildman–Crippen LogP) is 9.10. The molecule has 0 unspecified atom stereocenters. The third-order valence-electron chi connectivity index (χ3n) is 8.05. The van der Waals surface area contributed by atoms with Gasteiger partial charge in [-0.15, -0.1) is 0 Å². The van der Waals surface area contributed by atoms with E-state index in [-0.39, 0.29) is 0 Å². The van der Waals surface area contributed by atoms with Crippen LogP contribution in [0.1, 0.15) is 102 Å². The number of aliphatic imine (C=N–C) groups is 1. The lowest BCUT2D eigenvalue weighted by Crippen LogP contribution is -2.50. The number of amides is 1. The zero-order chi connectivity index (χ0) is 27.3. The molecule has 2 aliphatic heterocycles. The van der Waals surface area contributed by atoms with Crippen molar-refractivity contribution in [1.82, 2.24) is 9.80 Å². The van der Waals surface area contributed by atoms with Crippen LogP contribution in [0.4, 0.5) is 17.1 Å². The van der Waals surface area contributed by atoms with E-state index in [0.29, 0.717) is 17.4 Å².